The number of likely N-dealkylation sites (tertiary alicyclic amines) is 1. The van der Waals surface area contributed by atoms with Gasteiger partial charge in [0.25, 0.3) is 5.91 Å². The standard InChI is InChI=1S/C18H19N3O4/c22-16(12-21-10-2-1-5-17(21)23)19-13-6-8-14(9-7-13)20-18(24)15-4-3-11-25-15/h3-4,6-9,11H,1-2,5,10,12H2,(H,19,22)(H,20,24). The number of furan rings is 1. The molecular formula is C18H19N3O4. The van der Waals surface area contributed by atoms with Gasteiger partial charge in [-0.3, -0.25) is 14.4 Å². The van der Waals surface area contributed by atoms with E-state index in [0.717, 1.165) is 12.8 Å². The molecule has 0 saturated carbocycles. The molecule has 2 aromatic rings. The zero-order valence-corrected chi connectivity index (χ0v) is 13.7. The zero-order chi connectivity index (χ0) is 17.6. The van der Waals surface area contributed by atoms with Crippen LogP contribution in [0.25, 0.3) is 0 Å². The molecule has 1 fully saturated rings. The summed E-state index contributed by atoms with van der Waals surface area (Å²) in [4.78, 5) is 37.2. The van der Waals surface area contributed by atoms with Gasteiger partial charge in [0.1, 0.15) is 0 Å². The molecule has 1 saturated heterocycles. The van der Waals surface area contributed by atoms with Gasteiger partial charge in [-0.15, -0.1) is 0 Å². The van der Waals surface area contributed by atoms with Crippen molar-refractivity contribution in [2.24, 2.45) is 0 Å². The summed E-state index contributed by atoms with van der Waals surface area (Å²) in [5.74, 6) is -0.325. The van der Waals surface area contributed by atoms with E-state index in [1.807, 2.05) is 0 Å². The number of hydrogen-bond donors (Lipinski definition) is 2. The first-order valence-electron chi connectivity index (χ1n) is 8.14. The van der Waals surface area contributed by atoms with Crippen molar-refractivity contribution in [2.45, 2.75) is 19.3 Å². The minimum absolute atomic E-state index is 0.0254. The largest absolute Gasteiger partial charge is 0.459 e. The number of amides is 3. The average molecular weight is 341 g/mol. The summed E-state index contributed by atoms with van der Waals surface area (Å²) < 4.78 is 5.02. The Balaban J connectivity index is 1.52. The van der Waals surface area contributed by atoms with Gasteiger partial charge in [-0.05, 0) is 49.2 Å². The van der Waals surface area contributed by atoms with Crippen molar-refractivity contribution < 1.29 is 18.8 Å². The van der Waals surface area contributed by atoms with Gasteiger partial charge in [0, 0.05) is 24.3 Å². The van der Waals surface area contributed by atoms with Crippen LogP contribution < -0.4 is 10.6 Å². The third-order valence-corrected chi connectivity index (χ3v) is 3.93. The van der Waals surface area contributed by atoms with Gasteiger partial charge in [0.05, 0.1) is 12.8 Å². The summed E-state index contributed by atoms with van der Waals surface area (Å²) in [5.41, 5.74) is 1.19. The highest BCUT2D eigenvalue weighted by atomic mass is 16.3. The first-order chi connectivity index (χ1) is 12.1. The molecule has 3 amide bonds. The molecule has 7 heteroatoms. The molecular weight excluding hydrogens is 322 g/mol. The second-order valence-electron chi connectivity index (χ2n) is 5.83. The Morgan fingerprint density at radius 1 is 1.04 bits per heavy atom. The third kappa shape index (κ3) is 4.47. The Labute approximate surface area is 145 Å². The van der Waals surface area contributed by atoms with Gasteiger partial charge in [0.2, 0.25) is 11.8 Å². The van der Waals surface area contributed by atoms with Crippen molar-refractivity contribution in [1.82, 2.24) is 4.90 Å². The van der Waals surface area contributed by atoms with Crippen molar-refractivity contribution in [3.05, 3.63) is 48.4 Å². The predicted octanol–water partition coefficient (Wildman–Crippen LogP) is 2.48. The summed E-state index contributed by atoms with van der Waals surface area (Å²) in [6.07, 6.45) is 3.77. The molecule has 0 radical (unpaired) electrons. The lowest BCUT2D eigenvalue weighted by molar-refractivity contribution is -0.136. The number of piperidine rings is 1. The van der Waals surface area contributed by atoms with E-state index < -0.39 is 0 Å². The molecule has 0 bridgehead atoms. The summed E-state index contributed by atoms with van der Waals surface area (Å²) in [7, 11) is 0. The monoisotopic (exact) mass is 341 g/mol. The predicted molar refractivity (Wildman–Crippen MR) is 92.2 cm³/mol. The van der Waals surface area contributed by atoms with Crippen molar-refractivity contribution in [3.8, 4) is 0 Å². The second kappa shape index (κ2) is 7.65. The van der Waals surface area contributed by atoms with Crippen LogP contribution in [0.2, 0.25) is 0 Å². The minimum Gasteiger partial charge on any atom is -0.459 e. The highest BCUT2D eigenvalue weighted by molar-refractivity contribution is 6.02. The van der Waals surface area contributed by atoms with E-state index in [-0.39, 0.29) is 30.0 Å². The van der Waals surface area contributed by atoms with Crippen LogP contribution in [0, 0.1) is 0 Å². The Hall–Kier alpha value is -3.09. The molecule has 2 N–H and O–H groups in total. The number of hydrogen-bond acceptors (Lipinski definition) is 4. The van der Waals surface area contributed by atoms with Gasteiger partial charge in [0.15, 0.2) is 5.76 Å². The maximum absolute atomic E-state index is 12.1. The smallest absolute Gasteiger partial charge is 0.291 e. The molecule has 130 valence electrons. The Kier molecular flexibility index (Phi) is 5.13. The molecule has 0 atom stereocenters. The number of rotatable bonds is 5. The summed E-state index contributed by atoms with van der Waals surface area (Å²) in [6, 6.07) is 9.96. The molecule has 7 nitrogen and oxygen atoms in total. The topological polar surface area (TPSA) is 91.7 Å². The van der Waals surface area contributed by atoms with Crippen LogP contribution in [-0.2, 0) is 9.59 Å². The van der Waals surface area contributed by atoms with E-state index in [9.17, 15) is 14.4 Å². The molecule has 25 heavy (non-hydrogen) atoms. The molecule has 1 aromatic heterocycles. The maximum Gasteiger partial charge on any atom is 0.291 e. The van der Waals surface area contributed by atoms with E-state index in [4.69, 9.17) is 4.42 Å². The SMILES string of the molecule is O=C(CN1CCCCC1=O)Nc1ccc(NC(=O)c2ccco2)cc1. The number of anilines is 2. The van der Waals surface area contributed by atoms with Crippen molar-refractivity contribution in [2.75, 3.05) is 23.7 Å². The number of carbonyl (C=O) groups excluding carboxylic acids is 3. The maximum atomic E-state index is 12.1. The van der Waals surface area contributed by atoms with Gasteiger partial charge in [-0.1, -0.05) is 0 Å². The summed E-state index contributed by atoms with van der Waals surface area (Å²) in [5, 5.41) is 5.45. The van der Waals surface area contributed by atoms with Crippen LogP contribution in [0.3, 0.4) is 0 Å². The first kappa shape index (κ1) is 16.8. The van der Waals surface area contributed by atoms with Crippen LogP contribution in [0.1, 0.15) is 29.8 Å². The third-order valence-electron chi connectivity index (χ3n) is 3.93. The average Bonchev–Trinajstić information content (AvgIpc) is 3.13. The van der Waals surface area contributed by atoms with E-state index in [1.54, 1.807) is 41.3 Å². The lowest BCUT2D eigenvalue weighted by atomic mass is 10.1. The van der Waals surface area contributed by atoms with Gasteiger partial charge >= 0.3 is 0 Å². The fraction of sp³-hybridized carbons (Fsp3) is 0.278. The van der Waals surface area contributed by atoms with Crippen LogP contribution in [0.4, 0.5) is 11.4 Å². The Morgan fingerprint density at radius 3 is 2.40 bits per heavy atom. The molecule has 0 aliphatic carbocycles. The van der Waals surface area contributed by atoms with E-state index in [1.165, 1.54) is 6.26 Å². The van der Waals surface area contributed by atoms with Crippen molar-refractivity contribution in [3.63, 3.8) is 0 Å². The summed E-state index contributed by atoms with van der Waals surface area (Å²) >= 11 is 0. The lowest BCUT2D eigenvalue weighted by Crippen LogP contribution is -2.40. The van der Waals surface area contributed by atoms with Crippen LogP contribution >= 0.6 is 0 Å². The number of benzene rings is 1. The Bertz CT molecular complexity index is 753. The normalized spacial score (nSPS) is 14.2. The molecule has 0 unspecified atom stereocenters. The van der Waals surface area contributed by atoms with Crippen molar-refractivity contribution >= 4 is 29.1 Å². The number of nitrogens with one attached hydrogen (secondary N) is 2. The lowest BCUT2D eigenvalue weighted by Gasteiger charge is -2.25. The van der Waals surface area contributed by atoms with Crippen LogP contribution in [-0.4, -0.2) is 35.7 Å². The zero-order valence-electron chi connectivity index (χ0n) is 13.7. The molecule has 1 aliphatic heterocycles. The van der Waals surface area contributed by atoms with Crippen LogP contribution in [0.5, 0.6) is 0 Å². The quantitative estimate of drug-likeness (QED) is 0.874. The highest BCUT2D eigenvalue weighted by Crippen LogP contribution is 2.15. The Morgan fingerprint density at radius 2 is 1.76 bits per heavy atom. The molecule has 1 aliphatic rings. The van der Waals surface area contributed by atoms with E-state index in [0.29, 0.717) is 24.3 Å². The van der Waals surface area contributed by atoms with Gasteiger partial charge < -0.3 is 20.0 Å². The fourth-order valence-electron chi connectivity index (χ4n) is 2.64. The molecule has 1 aromatic carbocycles. The number of nitrogens with zero attached hydrogens (tertiary/aromatic N) is 1. The van der Waals surface area contributed by atoms with Crippen LogP contribution in [0.15, 0.2) is 47.1 Å². The van der Waals surface area contributed by atoms with Gasteiger partial charge in [-0.25, -0.2) is 0 Å². The first-order valence-corrected chi connectivity index (χ1v) is 8.14. The molecule has 3 rings (SSSR count). The van der Waals surface area contributed by atoms with Gasteiger partial charge in [-0.2, -0.15) is 0 Å². The highest BCUT2D eigenvalue weighted by Gasteiger charge is 2.20. The fourth-order valence-corrected chi connectivity index (χ4v) is 2.64. The van der Waals surface area contributed by atoms with Crippen molar-refractivity contribution in [1.29, 1.82) is 0 Å². The van der Waals surface area contributed by atoms with E-state index >= 15 is 0 Å². The molecule has 2 heterocycles. The minimum atomic E-state index is -0.342. The molecule has 0 spiro atoms. The number of carbonyl (C=O) groups is 3. The van der Waals surface area contributed by atoms with E-state index in [2.05, 4.69) is 10.6 Å². The second-order valence-corrected chi connectivity index (χ2v) is 5.83. The summed E-state index contributed by atoms with van der Waals surface area (Å²) in [6.45, 7) is 0.694.